The number of hydrogen-bond acceptors (Lipinski definition) is 2. The normalized spacial score (nSPS) is 10.2. The minimum absolute atomic E-state index is 0.339. The van der Waals surface area contributed by atoms with E-state index in [0.29, 0.717) is 5.56 Å². The molecule has 1 N–H and O–H groups in total. The van der Waals surface area contributed by atoms with E-state index in [1.54, 1.807) is 23.9 Å². The van der Waals surface area contributed by atoms with Gasteiger partial charge in [0.15, 0.2) is 0 Å². The van der Waals surface area contributed by atoms with E-state index >= 15 is 0 Å². The standard InChI is InChI=1S/C14H12O2S/c1-17-11-6-4-5-10(9-11)12-7-2-3-8-13(12)14(15)16/h2-9H,1H3,(H,15,16). The molecule has 86 valence electrons. The molecule has 0 saturated heterocycles. The SMILES string of the molecule is CSc1cccc(-c2ccccc2C(=O)O)c1. The number of rotatable bonds is 3. The molecular formula is C14H12O2S. The Bertz CT molecular complexity index is 549. The first kappa shape index (κ1) is 11.7. The topological polar surface area (TPSA) is 37.3 Å². The second kappa shape index (κ2) is 5.06. The lowest BCUT2D eigenvalue weighted by Crippen LogP contribution is -1.98. The van der Waals surface area contributed by atoms with Gasteiger partial charge in [-0.1, -0.05) is 30.3 Å². The molecule has 17 heavy (non-hydrogen) atoms. The number of carboxylic acids is 1. The molecule has 0 heterocycles. The van der Waals surface area contributed by atoms with Crippen LogP contribution in [0.1, 0.15) is 10.4 Å². The van der Waals surface area contributed by atoms with E-state index in [1.807, 2.05) is 42.7 Å². The zero-order valence-electron chi connectivity index (χ0n) is 9.38. The fourth-order valence-electron chi connectivity index (χ4n) is 1.71. The molecule has 0 fully saturated rings. The van der Waals surface area contributed by atoms with Crippen molar-refractivity contribution in [2.24, 2.45) is 0 Å². The first-order chi connectivity index (χ1) is 8.22. The number of hydrogen-bond donors (Lipinski definition) is 1. The van der Waals surface area contributed by atoms with Gasteiger partial charge >= 0.3 is 5.97 Å². The van der Waals surface area contributed by atoms with Crippen LogP contribution in [0.3, 0.4) is 0 Å². The van der Waals surface area contributed by atoms with Crippen molar-refractivity contribution in [1.82, 2.24) is 0 Å². The predicted molar refractivity (Wildman–Crippen MR) is 70.6 cm³/mol. The Balaban J connectivity index is 2.56. The summed E-state index contributed by atoms with van der Waals surface area (Å²) in [6.45, 7) is 0. The lowest BCUT2D eigenvalue weighted by Gasteiger charge is -2.07. The summed E-state index contributed by atoms with van der Waals surface area (Å²) in [5.74, 6) is -0.893. The van der Waals surface area contributed by atoms with Crippen molar-refractivity contribution in [1.29, 1.82) is 0 Å². The third-order valence-electron chi connectivity index (χ3n) is 2.54. The minimum atomic E-state index is -0.893. The molecule has 2 rings (SSSR count). The zero-order chi connectivity index (χ0) is 12.3. The summed E-state index contributed by atoms with van der Waals surface area (Å²) in [4.78, 5) is 12.3. The lowest BCUT2D eigenvalue weighted by molar-refractivity contribution is 0.0697. The first-order valence-electron chi connectivity index (χ1n) is 5.19. The first-order valence-corrected chi connectivity index (χ1v) is 6.41. The van der Waals surface area contributed by atoms with Crippen LogP contribution in [0.2, 0.25) is 0 Å². The molecule has 0 unspecified atom stereocenters. The summed E-state index contributed by atoms with van der Waals surface area (Å²) in [6.07, 6.45) is 2.00. The molecule has 2 nitrogen and oxygen atoms in total. The molecule has 0 bridgehead atoms. The monoisotopic (exact) mass is 244 g/mol. The van der Waals surface area contributed by atoms with E-state index < -0.39 is 5.97 Å². The molecule has 0 spiro atoms. The van der Waals surface area contributed by atoms with Crippen LogP contribution in [0, 0.1) is 0 Å². The van der Waals surface area contributed by atoms with Gasteiger partial charge in [-0.15, -0.1) is 11.8 Å². The van der Waals surface area contributed by atoms with Crippen molar-refractivity contribution < 1.29 is 9.90 Å². The van der Waals surface area contributed by atoms with Gasteiger partial charge in [-0.25, -0.2) is 4.79 Å². The third kappa shape index (κ3) is 2.50. The summed E-state index contributed by atoms with van der Waals surface area (Å²) in [5, 5.41) is 9.15. The Morgan fingerprint density at radius 2 is 1.88 bits per heavy atom. The maximum atomic E-state index is 11.1. The molecule has 0 aromatic heterocycles. The number of benzene rings is 2. The van der Waals surface area contributed by atoms with Crippen molar-refractivity contribution in [3.05, 3.63) is 54.1 Å². The van der Waals surface area contributed by atoms with Crippen molar-refractivity contribution in [2.75, 3.05) is 6.26 Å². The van der Waals surface area contributed by atoms with E-state index in [1.165, 1.54) is 0 Å². The summed E-state index contributed by atoms with van der Waals surface area (Å²) in [7, 11) is 0. The number of aromatic carboxylic acids is 1. The Kier molecular flexibility index (Phi) is 3.49. The Morgan fingerprint density at radius 1 is 1.12 bits per heavy atom. The molecule has 2 aromatic carbocycles. The highest BCUT2D eigenvalue weighted by atomic mass is 32.2. The summed E-state index contributed by atoms with van der Waals surface area (Å²) in [5.41, 5.74) is 2.04. The molecule has 0 atom stereocenters. The summed E-state index contributed by atoms with van der Waals surface area (Å²) < 4.78 is 0. The summed E-state index contributed by atoms with van der Waals surface area (Å²) in [6, 6.07) is 15.0. The average Bonchev–Trinajstić information content (AvgIpc) is 2.39. The van der Waals surface area contributed by atoms with Gasteiger partial charge in [0, 0.05) is 4.90 Å². The van der Waals surface area contributed by atoms with Crippen LogP contribution in [-0.4, -0.2) is 17.3 Å². The Labute approximate surface area is 104 Å². The van der Waals surface area contributed by atoms with E-state index in [2.05, 4.69) is 0 Å². The van der Waals surface area contributed by atoms with Crippen molar-refractivity contribution in [2.45, 2.75) is 4.90 Å². The maximum Gasteiger partial charge on any atom is 0.336 e. The second-order valence-corrected chi connectivity index (χ2v) is 4.46. The van der Waals surface area contributed by atoms with Gasteiger partial charge < -0.3 is 5.11 Å². The number of carbonyl (C=O) groups is 1. The minimum Gasteiger partial charge on any atom is -0.478 e. The van der Waals surface area contributed by atoms with Gasteiger partial charge in [0.05, 0.1) is 5.56 Å². The molecule has 0 saturated carbocycles. The van der Waals surface area contributed by atoms with Crippen LogP contribution < -0.4 is 0 Å². The quantitative estimate of drug-likeness (QED) is 0.835. The van der Waals surface area contributed by atoms with Gasteiger partial charge in [0.25, 0.3) is 0 Å². The number of carboxylic acid groups (broad SMARTS) is 1. The van der Waals surface area contributed by atoms with E-state index in [0.717, 1.165) is 16.0 Å². The third-order valence-corrected chi connectivity index (χ3v) is 3.26. The van der Waals surface area contributed by atoms with Crippen LogP contribution >= 0.6 is 11.8 Å². The highest BCUT2D eigenvalue weighted by molar-refractivity contribution is 7.98. The molecule has 3 heteroatoms. The van der Waals surface area contributed by atoms with Crippen LogP contribution in [-0.2, 0) is 0 Å². The molecular weight excluding hydrogens is 232 g/mol. The van der Waals surface area contributed by atoms with E-state index in [4.69, 9.17) is 5.11 Å². The summed E-state index contributed by atoms with van der Waals surface area (Å²) >= 11 is 1.64. The van der Waals surface area contributed by atoms with E-state index in [9.17, 15) is 4.79 Å². The van der Waals surface area contributed by atoms with Gasteiger partial charge in [0.1, 0.15) is 0 Å². The van der Waals surface area contributed by atoms with Crippen molar-refractivity contribution in [3.63, 3.8) is 0 Å². The molecule has 0 radical (unpaired) electrons. The highest BCUT2D eigenvalue weighted by Crippen LogP contribution is 2.27. The smallest absolute Gasteiger partial charge is 0.336 e. The van der Waals surface area contributed by atoms with E-state index in [-0.39, 0.29) is 0 Å². The second-order valence-electron chi connectivity index (χ2n) is 3.58. The maximum absolute atomic E-state index is 11.1. The van der Waals surface area contributed by atoms with Crippen molar-refractivity contribution in [3.8, 4) is 11.1 Å². The fourth-order valence-corrected chi connectivity index (χ4v) is 2.17. The average molecular weight is 244 g/mol. The Hall–Kier alpha value is -1.74. The van der Waals surface area contributed by atoms with Crippen LogP contribution in [0.15, 0.2) is 53.4 Å². The van der Waals surface area contributed by atoms with Gasteiger partial charge in [0.2, 0.25) is 0 Å². The van der Waals surface area contributed by atoms with Crippen molar-refractivity contribution >= 4 is 17.7 Å². The molecule has 0 aliphatic rings. The van der Waals surface area contributed by atoms with Gasteiger partial charge in [-0.3, -0.25) is 0 Å². The van der Waals surface area contributed by atoms with Gasteiger partial charge in [-0.05, 0) is 35.6 Å². The fraction of sp³-hybridized carbons (Fsp3) is 0.0714. The predicted octanol–water partition coefficient (Wildman–Crippen LogP) is 3.77. The van der Waals surface area contributed by atoms with Crippen LogP contribution in [0.4, 0.5) is 0 Å². The number of thioether (sulfide) groups is 1. The Morgan fingerprint density at radius 3 is 2.59 bits per heavy atom. The van der Waals surface area contributed by atoms with Crippen LogP contribution in [0.25, 0.3) is 11.1 Å². The molecule has 0 aliphatic carbocycles. The zero-order valence-corrected chi connectivity index (χ0v) is 10.2. The molecule has 2 aromatic rings. The lowest BCUT2D eigenvalue weighted by atomic mass is 10.00. The van der Waals surface area contributed by atoms with Gasteiger partial charge in [-0.2, -0.15) is 0 Å². The largest absolute Gasteiger partial charge is 0.478 e. The molecule has 0 aliphatic heterocycles. The highest BCUT2D eigenvalue weighted by Gasteiger charge is 2.10. The van der Waals surface area contributed by atoms with Crippen LogP contribution in [0.5, 0.6) is 0 Å². The molecule has 0 amide bonds.